The summed E-state index contributed by atoms with van der Waals surface area (Å²) in [5.41, 5.74) is 5.26. The van der Waals surface area contributed by atoms with Crippen LogP contribution in [-0.4, -0.2) is 36.1 Å². The molecular formula is C24H29N3O3. The molecule has 30 heavy (non-hydrogen) atoms. The molecule has 1 aromatic heterocycles. The molecule has 0 aliphatic carbocycles. The van der Waals surface area contributed by atoms with E-state index in [1.807, 2.05) is 18.2 Å². The Morgan fingerprint density at radius 1 is 1.10 bits per heavy atom. The van der Waals surface area contributed by atoms with Gasteiger partial charge in [0.15, 0.2) is 5.69 Å². The van der Waals surface area contributed by atoms with E-state index in [0.717, 1.165) is 13.1 Å². The van der Waals surface area contributed by atoms with Crippen molar-refractivity contribution >= 4 is 5.91 Å². The van der Waals surface area contributed by atoms with Gasteiger partial charge in [0.1, 0.15) is 6.26 Å². The maximum absolute atomic E-state index is 12.2. The van der Waals surface area contributed by atoms with Crippen molar-refractivity contribution in [2.45, 2.75) is 33.5 Å². The Hall–Kier alpha value is -2.96. The van der Waals surface area contributed by atoms with E-state index in [1.165, 1.54) is 28.5 Å². The topological polar surface area (TPSA) is 67.6 Å². The SMILES string of the molecule is COCCNC(=O)c1coc(CN(Cc2ccccc2)Cc2cc(C)ccc2C)n1. The standard InChI is InChI=1S/C24H29N3O3/c1-18-9-10-19(2)21(13-18)15-27(14-20-7-5-4-6-8-20)16-23-26-22(17-30-23)24(28)25-11-12-29-3/h4-10,13,17H,11-12,14-16H2,1-3H3,(H,25,28). The van der Waals surface area contributed by atoms with Crippen molar-refractivity contribution in [2.75, 3.05) is 20.3 Å². The predicted molar refractivity (Wildman–Crippen MR) is 116 cm³/mol. The Morgan fingerprint density at radius 3 is 2.67 bits per heavy atom. The Bertz CT molecular complexity index is 953. The molecule has 2 aromatic carbocycles. The van der Waals surface area contributed by atoms with Gasteiger partial charge in [0.05, 0.1) is 13.2 Å². The first kappa shape index (κ1) is 21.7. The zero-order valence-electron chi connectivity index (χ0n) is 17.9. The summed E-state index contributed by atoms with van der Waals surface area (Å²) in [5, 5.41) is 2.76. The highest BCUT2D eigenvalue weighted by atomic mass is 16.5. The fraction of sp³-hybridized carbons (Fsp3) is 0.333. The van der Waals surface area contributed by atoms with Crippen LogP contribution in [0.25, 0.3) is 0 Å². The quantitative estimate of drug-likeness (QED) is 0.517. The van der Waals surface area contributed by atoms with E-state index in [9.17, 15) is 4.79 Å². The van der Waals surface area contributed by atoms with Crippen LogP contribution in [0.2, 0.25) is 0 Å². The van der Waals surface area contributed by atoms with E-state index in [2.05, 4.69) is 59.4 Å². The molecule has 0 aliphatic rings. The number of nitrogens with zero attached hydrogens (tertiary/aromatic N) is 2. The van der Waals surface area contributed by atoms with Gasteiger partial charge >= 0.3 is 0 Å². The van der Waals surface area contributed by atoms with E-state index >= 15 is 0 Å². The lowest BCUT2D eigenvalue weighted by atomic mass is 10.0. The number of carbonyl (C=O) groups excluding carboxylic acids is 1. The van der Waals surface area contributed by atoms with E-state index in [-0.39, 0.29) is 11.6 Å². The average molecular weight is 408 g/mol. The molecule has 0 atom stereocenters. The summed E-state index contributed by atoms with van der Waals surface area (Å²) in [5.74, 6) is 0.263. The summed E-state index contributed by atoms with van der Waals surface area (Å²) in [6.07, 6.45) is 1.41. The molecule has 1 amide bonds. The number of rotatable bonds is 10. The lowest BCUT2D eigenvalue weighted by Gasteiger charge is -2.22. The molecule has 0 fully saturated rings. The Balaban J connectivity index is 1.74. The normalized spacial score (nSPS) is 11.1. The first-order valence-corrected chi connectivity index (χ1v) is 10.1. The number of carbonyl (C=O) groups is 1. The minimum Gasteiger partial charge on any atom is -0.447 e. The summed E-state index contributed by atoms with van der Waals surface area (Å²) in [6.45, 7) is 7.15. The van der Waals surface area contributed by atoms with Gasteiger partial charge in [-0.05, 0) is 30.5 Å². The Kier molecular flexibility index (Phi) is 7.76. The molecule has 6 nitrogen and oxygen atoms in total. The van der Waals surface area contributed by atoms with Crippen LogP contribution in [0.3, 0.4) is 0 Å². The molecule has 0 bridgehead atoms. The van der Waals surface area contributed by atoms with Gasteiger partial charge in [-0.25, -0.2) is 4.98 Å². The number of benzene rings is 2. The van der Waals surface area contributed by atoms with E-state index in [1.54, 1.807) is 7.11 Å². The number of nitrogens with one attached hydrogen (secondary N) is 1. The van der Waals surface area contributed by atoms with Crippen LogP contribution in [0.1, 0.15) is 38.6 Å². The van der Waals surface area contributed by atoms with Gasteiger partial charge in [-0.3, -0.25) is 9.69 Å². The molecule has 0 radical (unpaired) electrons. The molecule has 3 aromatic rings. The fourth-order valence-corrected chi connectivity index (χ4v) is 3.26. The molecule has 0 spiro atoms. The summed E-state index contributed by atoms with van der Waals surface area (Å²) in [6, 6.07) is 16.8. The smallest absolute Gasteiger partial charge is 0.273 e. The molecule has 6 heteroatoms. The van der Waals surface area contributed by atoms with Crippen LogP contribution in [0.4, 0.5) is 0 Å². The van der Waals surface area contributed by atoms with Crippen LogP contribution < -0.4 is 5.32 Å². The molecule has 158 valence electrons. The minimum atomic E-state index is -0.258. The third-order valence-electron chi connectivity index (χ3n) is 4.88. The van der Waals surface area contributed by atoms with Gasteiger partial charge in [0.2, 0.25) is 5.89 Å². The molecule has 1 N–H and O–H groups in total. The van der Waals surface area contributed by atoms with Crippen LogP contribution in [0.15, 0.2) is 59.2 Å². The van der Waals surface area contributed by atoms with Crippen LogP contribution in [-0.2, 0) is 24.4 Å². The van der Waals surface area contributed by atoms with E-state index in [0.29, 0.717) is 25.6 Å². The van der Waals surface area contributed by atoms with Gasteiger partial charge < -0.3 is 14.5 Å². The third-order valence-corrected chi connectivity index (χ3v) is 4.88. The summed E-state index contributed by atoms with van der Waals surface area (Å²) in [4.78, 5) is 18.8. The molecule has 0 saturated carbocycles. The highest BCUT2D eigenvalue weighted by molar-refractivity contribution is 5.91. The van der Waals surface area contributed by atoms with Crippen LogP contribution >= 0.6 is 0 Å². The van der Waals surface area contributed by atoms with Crippen molar-refractivity contribution in [1.29, 1.82) is 0 Å². The second kappa shape index (κ2) is 10.7. The second-order valence-electron chi connectivity index (χ2n) is 7.44. The number of aromatic nitrogens is 1. The molecule has 0 aliphatic heterocycles. The molecular weight excluding hydrogens is 378 g/mol. The monoisotopic (exact) mass is 407 g/mol. The molecule has 0 unspecified atom stereocenters. The zero-order chi connectivity index (χ0) is 21.3. The molecule has 3 rings (SSSR count). The average Bonchev–Trinajstić information content (AvgIpc) is 3.20. The van der Waals surface area contributed by atoms with E-state index < -0.39 is 0 Å². The van der Waals surface area contributed by atoms with Crippen molar-refractivity contribution in [3.63, 3.8) is 0 Å². The lowest BCUT2D eigenvalue weighted by Crippen LogP contribution is -2.27. The van der Waals surface area contributed by atoms with Crippen LogP contribution in [0, 0.1) is 13.8 Å². The highest BCUT2D eigenvalue weighted by Gasteiger charge is 2.16. The van der Waals surface area contributed by atoms with Gasteiger partial charge in [0.25, 0.3) is 5.91 Å². The number of oxazole rings is 1. The van der Waals surface area contributed by atoms with Crippen LogP contribution in [0.5, 0.6) is 0 Å². The fourth-order valence-electron chi connectivity index (χ4n) is 3.26. The number of methoxy groups -OCH3 is 1. The largest absolute Gasteiger partial charge is 0.447 e. The van der Waals surface area contributed by atoms with Crippen molar-refractivity contribution in [3.05, 3.63) is 88.6 Å². The maximum Gasteiger partial charge on any atom is 0.273 e. The van der Waals surface area contributed by atoms with E-state index in [4.69, 9.17) is 9.15 Å². The van der Waals surface area contributed by atoms with Crippen molar-refractivity contribution < 1.29 is 13.9 Å². The first-order chi connectivity index (χ1) is 14.5. The van der Waals surface area contributed by atoms with Gasteiger partial charge in [0, 0.05) is 26.7 Å². The first-order valence-electron chi connectivity index (χ1n) is 10.1. The second-order valence-corrected chi connectivity index (χ2v) is 7.44. The highest BCUT2D eigenvalue weighted by Crippen LogP contribution is 2.18. The van der Waals surface area contributed by atoms with Crippen molar-refractivity contribution in [2.24, 2.45) is 0 Å². The number of amides is 1. The number of aryl methyl sites for hydroxylation is 2. The van der Waals surface area contributed by atoms with Gasteiger partial charge in [-0.15, -0.1) is 0 Å². The summed E-state index contributed by atoms with van der Waals surface area (Å²) >= 11 is 0. The summed E-state index contributed by atoms with van der Waals surface area (Å²) < 4.78 is 10.6. The maximum atomic E-state index is 12.2. The summed E-state index contributed by atoms with van der Waals surface area (Å²) in [7, 11) is 1.59. The van der Waals surface area contributed by atoms with Gasteiger partial charge in [-0.2, -0.15) is 0 Å². The minimum absolute atomic E-state index is 0.258. The predicted octanol–water partition coefficient (Wildman–Crippen LogP) is 3.87. The number of ether oxygens (including phenoxy) is 1. The molecule has 0 saturated heterocycles. The number of hydrogen-bond donors (Lipinski definition) is 1. The van der Waals surface area contributed by atoms with Crippen molar-refractivity contribution in [1.82, 2.24) is 15.2 Å². The lowest BCUT2D eigenvalue weighted by molar-refractivity contribution is 0.0932. The Morgan fingerprint density at radius 2 is 1.90 bits per heavy atom. The van der Waals surface area contributed by atoms with Gasteiger partial charge in [-0.1, -0.05) is 54.1 Å². The molecule has 1 heterocycles. The zero-order valence-corrected chi connectivity index (χ0v) is 17.9. The Labute approximate surface area is 177 Å². The van der Waals surface area contributed by atoms with Crippen molar-refractivity contribution in [3.8, 4) is 0 Å². The third kappa shape index (κ3) is 6.27. The number of hydrogen-bond acceptors (Lipinski definition) is 5.